The van der Waals surface area contributed by atoms with Crippen LogP contribution in [0, 0.1) is 0 Å². The van der Waals surface area contributed by atoms with Crippen molar-refractivity contribution in [2.45, 2.75) is 19.3 Å². The summed E-state index contributed by atoms with van der Waals surface area (Å²) in [5, 5.41) is 0. The lowest BCUT2D eigenvalue weighted by Crippen LogP contribution is -2.17. The van der Waals surface area contributed by atoms with E-state index in [0.717, 1.165) is 17.5 Å². The molecule has 19 heavy (non-hydrogen) atoms. The van der Waals surface area contributed by atoms with Gasteiger partial charge in [-0.05, 0) is 17.5 Å². The Morgan fingerprint density at radius 2 is 1.68 bits per heavy atom. The van der Waals surface area contributed by atoms with Crippen molar-refractivity contribution in [2.75, 3.05) is 0 Å². The van der Waals surface area contributed by atoms with E-state index in [1.807, 2.05) is 48.5 Å². The second-order valence-electron chi connectivity index (χ2n) is 4.85. The Labute approximate surface area is 112 Å². The van der Waals surface area contributed by atoms with Crippen molar-refractivity contribution in [1.29, 1.82) is 0 Å². The Morgan fingerprint density at radius 3 is 2.47 bits per heavy atom. The molecular formula is C17H14O2. The number of hydrogen-bond donors (Lipinski definition) is 0. The standard InChI is InChI=1S/C17H14O2/c18-14-10-9-12-7-4-8-15(16(12)11-14)17(19)13-5-2-1-3-6-13/h1-8H,9-11H2. The molecule has 0 bridgehead atoms. The highest BCUT2D eigenvalue weighted by atomic mass is 16.1. The molecule has 2 aromatic rings. The van der Waals surface area contributed by atoms with E-state index in [9.17, 15) is 9.59 Å². The van der Waals surface area contributed by atoms with E-state index in [1.54, 1.807) is 0 Å². The number of fused-ring (bicyclic) bond motifs is 1. The average molecular weight is 250 g/mol. The SMILES string of the molecule is O=C1CCc2cccc(C(=O)c3ccccc3)c2C1. The highest BCUT2D eigenvalue weighted by molar-refractivity contribution is 6.10. The number of benzene rings is 2. The molecule has 3 rings (SSSR count). The van der Waals surface area contributed by atoms with Gasteiger partial charge in [0.05, 0.1) is 0 Å². The molecule has 0 spiro atoms. The predicted molar refractivity (Wildman–Crippen MR) is 73.3 cm³/mol. The summed E-state index contributed by atoms with van der Waals surface area (Å²) in [5.74, 6) is 0.230. The minimum atomic E-state index is 0.00662. The first kappa shape index (κ1) is 11.8. The van der Waals surface area contributed by atoms with Crippen LogP contribution >= 0.6 is 0 Å². The molecule has 0 saturated carbocycles. The summed E-state index contributed by atoms with van der Waals surface area (Å²) < 4.78 is 0. The average Bonchev–Trinajstić information content (AvgIpc) is 2.47. The van der Waals surface area contributed by atoms with E-state index in [-0.39, 0.29) is 11.6 Å². The Bertz CT molecular complexity index is 642. The summed E-state index contributed by atoms with van der Waals surface area (Å²) in [5.41, 5.74) is 3.42. The third kappa shape index (κ3) is 2.22. The Kier molecular flexibility index (Phi) is 3.00. The van der Waals surface area contributed by atoms with Gasteiger partial charge in [-0.2, -0.15) is 0 Å². The lowest BCUT2D eigenvalue weighted by molar-refractivity contribution is -0.118. The van der Waals surface area contributed by atoms with Gasteiger partial charge in [0.2, 0.25) is 0 Å². The lowest BCUT2D eigenvalue weighted by atomic mass is 9.85. The zero-order valence-electron chi connectivity index (χ0n) is 10.6. The van der Waals surface area contributed by atoms with Gasteiger partial charge in [-0.15, -0.1) is 0 Å². The van der Waals surface area contributed by atoms with Crippen molar-refractivity contribution in [3.8, 4) is 0 Å². The fraction of sp³-hybridized carbons (Fsp3) is 0.176. The van der Waals surface area contributed by atoms with Crippen molar-refractivity contribution in [2.24, 2.45) is 0 Å². The summed E-state index contributed by atoms with van der Waals surface area (Å²) >= 11 is 0. The number of ketones is 2. The zero-order chi connectivity index (χ0) is 13.2. The second-order valence-corrected chi connectivity index (χ2v) is 4.85. The van der Waals surface area contributed by atoms with Gasteiger partial charge in [0, 0.05) is 24.0 Å². The highest BCUT2D eigenvalue weighted by Crippen LogP contribution is 2.24. The van der Waals surface area contributed by atoms with Crippen LogP contribution in [0.1, 0.15) is 33.5 Å². The monoisotopic (exact) mass is 250 g/mol. The van der Waals surface area contributed by atoms with E-state index in [2.05, 4.69) is 0 Å². The molecule has 1 aliphatic carbocycles. The number of carbonyl (C=O) groups is 2. The third-order valence-electron chi connectivity index (χ3n) is 3.60. The summed E-state index contributed by atoms with van der Waals surface area (Å²) in [6.07, 6.45) is 1.74. The van der Waals surface area contributed by atoms with E-state index >= 15 is 0 Å². The summed E-state index contributed by atoms with van der Waals surface area (Å²) in [4.78, 5) is 24.1. The van der Waals surface area contributed by atoms with Crippen LogP contribution < -0.4 is 0 Å². The van der Waals surface area contributed by atoms with Crippen LogP contribution in [0.3, 0.4) is 0 Å². The minimum Gasteiger partial charge on any atom is -0.299 e. The number of hydrogen-bond acceptors (Lipinski definition) is 2. The van der Waals surface area contributed by atoms with E-state index in [4.69, 9.17) is 0 Å². The lowest BCUT2D eigenvalue weighted by Gasteiger charge is -2.18. The van der Waals surface area contributed by atoms with Crippen LogP contribution in [-0.2, 0) is 17.6 Å². The molecule has 94 valence electrons. The first-order valence-corrected chi connectivity index (χ1v) is 6.48. The number of Topliss-reactive ketones (excluding diaryl/α,β-unsaturated/α-hetero) is 1. The van der Waals surface area contributed by atoms with Crippen molar-refractivity contribution < 1.29 is 9.59 Å². The summed E-state index contributed by atoms with van der Waals surface area (Å²) in [6.45, 7) is 0. The Morgan fingerprint density at radius 1 is 0.895 bits per heavy atom. The Hall–Kier alpha value is -2.22. The van der Waals surface area contributed by atoms with Crippen LogP contribution in [0.15, 0.2) is 48.5 Å². The van der Waals surface area contributed by atoms with Crippen LogP contribution in [0.5, 0.6) is 0 Å². The fourth-order valence-corrected chi connectivity index (χ4v) is 2.60. The predicted octanol–water partition coefficient (Wildman–Crippen LogP) is 2.98. The van der Waals surface area contributed by atoms with E-state index in [0.29, 0.717) is 24.0 Å². The van der Waals surface area contributed by atoms with Crippen molar-refractivity contribution in [1.82, 2.24) is 0 Å². The first-order chi connectivity index (χ1) is 9.25. The topological polar surface area (TPSA) is 34.1 Å². The molecule has 0 atom stereocenters. The molecule has 2 aromatic carbocycles. The highest BCUT2D eigenvalue weighted by Gasteiger charge is 2.21. The molecule has 0 aromatic heterocycles. The molecule has 0 amide bonds. The number of carbonyl (C=O) groups excluding carboxylic acids is 2. The van der Waals surface area contributed by atoms with Gasteiger partial charge in [0.15, 0.2) is 5.78 Å². The molecule has 0 unspecified atom stereocenters. The molecule has 2 nitrogen and oxygen atoms in total. The van der Waals surface area contributed by atoms with E-state index < -0.39 is 0 Å². The molecule has 0 radical (unpaired) electrons. The van der Waals surface area contributed by atoms with Gasteiger partial charge >= 0.3 is 0 Å². The van der Waals surface area contributed by atoms with Crippen LogP contribution in [0.2, 0.25) is 0 Å². The molecule has 0 heterocycles. The quantitative estimate of drug-likeness (QED) is 0.768. The molecule has 0 N–H and O–H groups in total. The van der Waals surface area contributed by atoms with Crippen molar-refractivity contribution in [3.05, 3.63) is 70.8 Å². The third-order valence-corrected chi connectivity index (χ3v) is 3.60. The molecule has 0 fully saturated rings. The van der Waals surface area contributed by atoms with Gasteiger partial charge < -0.3 is 0 Å². The largest absolute Gasteiger partial charge is 0.299 e. The maximum absolute atomic E-state index is 12.5. The fourth-order valence-electron chi connectivity index (χ4n) is 2.60. The van der Waals surface area contributed by atoms with Gasteiger partial charge in [-0.1, -0.05) is 48.5 Å². The molecule has 0 aliphatic heterocycles. The van der Waals surface area contributed by atoms with Gasteiger partial charge in [-0.3, -0.25) is 9.59 Å². The molecule has 1 aliphatic rings. The maximum atomic E-state index is 12.5. The summed E-state index contributed by atoms with van der Waals surface area (Å²) in [7, 11) is 0. The normalized spacial score (nSPS) is 14.0. The molecule has 2 heteroatoms. The number of aryl methyl sites for hydroxylation is 1. The van der Waals surface area contributed by atoms with Gasteiger partial charge in [0.1, 0.15) is 5.78 Å². The van der Waals surface area contributed by atoms with Crippen LogP contribution in [0.25, 0.3) is 0 Å². The molecular weight excluding hydrogens is 236 g/mol. The van der Waals surface area contributed by atoms with Crippen molar-refractivity contribution in [3.63, 3.8) is 0 Å². The maximum Gasteiger partial charge on any atom is 0.193 e. The first-order valence-electron chi connectivity index (χ1n) is 6.48. The number of rotatable bonds is 2. The zero-order valence-corrected chi connectivity index (χ0v) is 10.6. The minimum absolute atomic E-state index is 0.00662. The van der Waals surface area contributed by atoms with Crippen LogP contribution in [-0.4, -0.2) is 11.6 Å². The Balaban J connectivity index is 2.07. The van der Waals surface area contributed by atoms with Gasteiger partial charge in [-0.25, -0.2) is 0 Å². The second kappa shape index (κ2) is 4.81. The van der Waals surface area contributed by atoms with Gasteiger partial charge in [0.25, 0.3) is 0 Å². The molecule has 0 saturated heterocycles. The van der Waals surface area contributed by atoms with Crippen LogP contribution in [0.4, 0.5) is 0 Å². The van der Waals surface area contributed by atoms with E-state index in [1.165, 1.54) is 0 Å². The smallest absolute Gasteiger partial charge is 0.193 e. The summed E-state index contributed by atoms with van der Waals surface area (Å²) in [6, 6.07) is 15.0. The van der Waals surface area contributed by atoms with Crippen molar-refractivity contribution >= 4 is 11.6 Å².